The van der Waals surface area contributed by atoms with Crippen LogP contribution in [0.5, 0.6) is 5.75 Å². The number of aryl methyl sites for hydroxylation is 1. The maximum absolute atomic E-state index is 12.8. The van der Waals surface area contributed by atoms with Crippen LogP contribution >= 0.6 is 11.3 Å². The van der Waals surface area contributed by atoms with Crippen LogP contribution in [-0.4, -0.2) is 17.5 Å². The van der Waals surface area contributed by atoms with Crippen molar-refractivity contribution in [3.8, 4) is 17.0 Å². The summed E-state index contributed by atoms with van der Waals surface area (Å²) in [6.07, 6.45) is 0. The molecule has 0 aliphatic heterocycles. The fourth-order valence-corrected chi connectivity index (χ4v) is 4.01. The van der Waals surface area contributed by atoms with Crippen LogP contribution in [0.3, 0.4) is 0 Å². The molecule has 0 aliphatic rings. The van der Waals surface area contributed by atoms with Crippen molar-refractivity contribution in [1.29, 1.82) is 0 Å². The quantitative estimate of drug-likeness (QED) is 0.461. The Morgan fingerprint density at radius 2 is 1.79 bits per heavy atom. The number of aromatic nitrogens is 1. The summed E-state index contributed by atoms with van der Waals surface area (Å²) in [6.45, 7) is 4.61. The van der Waals surface area contributed by atoms with E-state index >= 15 is 0 Å². The van der Waals surface area contributed by atoms with Crippen molar-refractivity contribution in [2.75, 3.05) is 11.9 Å². The van der Waals surface area contributed by atoms with Crippen LogP contribution in [0.15, 0.2) is 66.7 Å². The van der Waals surface area contributed by atoms with E-state index in [1.54, 1.807) is 0 Å². The Balaban J connectivity index is 1.59. The zero-order valence-electron chi connectivity index (χ0n) is 15.7. The van der Waals surface area contributed by atoms with E-state index in [0.717, 1.165) is 32.7 Å². The molecule has 4 rings (SSSR count). The molecule has 1 N–H and O–H groups in total. The zero-order chi connectivity index (χ0) is 19.5. The fourth-order valence-electron chi connectivity index (χ4n) is 3.18. The molecular weight excluding hydrogens is 368 g/mol. The molecule has 0 spiro atoms. The highest BCUT2D eigenvalue weighted by Crippen LogP contribution is 2.32. The number of thiazole rings is 1. The second-order valence-electron chi connectivity index (χ2n) is 6.36. The lowest BCUT2D eigenvalue weighted by Gasteiger charge is -2.06. The fraction of sp³-hybridized carbons (Fsp3) is 0.130. The van der Waals surface area contributed by atoms with E-state index in [2.05, 4.69) is 10.3 Å². The van der Waals surface area contributed by atoms with Gasteiger partial charge in [-0.05, 0) is 55.0 Å². The lowest BCUT2D eigenvalue weighted by atomic mass is 10.0. The van der Waals surface area contributed by atoms with Gasteiger partial charge in [-0.25, -0.2) is 4.98 Å². The Hall–Kier alpha value is -3.18. The first-order chi connectivity index (χ1) is 13.7. The molecule has 0 saturated carbocycles. The van der Waals surface area contributed by atoms with Crippen molar-refractivity contribution < 1.29 is 9.53 Å². The van der Waals surface area contributed by atoms with Gasteiger partial charge in [-0.1, -0.05) is 36.4 Å². The third kappa shape index (κ3) is 3.62. The molecule has 0 bridgehead atoms. The number of hydrogen-bond donors (Lipinski definition) is 1. The normalized spacial score (nSPS) is 10.8. The summed E-state index contributed by atoms with van der Waals surface area (Å²) in [5.74, 6) is 0.687. The molecule has 4 nitrogen and oxygen atoms in total. The Kier molecular flexibility index (Phi) is 5.08. The van der Waals surface area contributed by atoms with Gasteiger partial charge in [-0.2, -0.15) is 0 Å². The van der Waals surface area contributed by atoms with E-state index in [4.69, 9.17) is 4.74 Å². The second-order valence-corrected chi connectivity index (χ2v) is 7.57. The first-order valence-corrected chi connectivity index (χ1v) is 9.97. The van der Waals surface area contributed by atoms with Crippen molar-refractivity contribution in [3.05, 3.63) is 77.2 Å². The van der Waals surface area contributed by atoms with Crippen LogP contribution in [0.2, 0.25) is 0 Å². The highest BCUT2D eigenvalue weighted by Gasteiger charge is 2.15. The summed E-state index contributed by atoms with van der Waals surface area (Å²) in [5, 5.41) is 5.53. The molecule has 1 heterocycles. The molecule has 0 saturated heterocycles. The van der Waals surface area contributed by atoms with Gasteiger partial charge < -0.3 is 4.74 Å². The lowest BCUT2D eigenvalue weighted by Crippen LogP contribution is -2.12. The summed E-state index contributed by atoms with van der Waals surface area (Å²) in [4.78, 5) is 18.5. The van der Waals surface area contributed by atoms with Crippen molar-refractivity contribution in [1.82, 2.24) is 4.98 Å². The molecule has 0 unspecified atom stereocenters. The smallest absolute Gasteiger partial charge is 0.258 e. The third-order valence-electron chi connectivity index (χ3n) is 4.49. The number of anilines is 1. The van der Waals surface area contributed by atoms with Gasteiger partial charge in [0.1, 0.15) is 5.75 Å². The SMILES string of the molecule is CCOc1ccc(-c2nc(NC(=O)c3cccc4ccccc34)sc2C)cc1. The molecule has 0 radical (unpaired) electrons. The largest absolute Gasteiger partial charge is 0.494 e. The van der Waals surface area contributed by atoms with Crippen LogP contribution in [0.25, 0.3) is 22.0 Å². The van der Waals surface area contributed by atoms with Crippen LogP contribution in [-0.2, 0) is 0 Å². The molecular formula is C23H20N2O2S. The van der Waals surface area contributed by atoms with Crippen molar-refractivity contribution in [3.63, 3.8) is 0 Å². The molecule has 3 aromatic carbocycles. The van der Waals surface area contributed by atoms with E-state index in [1.165, 1.54) is 11.3 Å². The number of fused-ring (bicyclic) bond motifs is 1. The molecule has 0 atom stereocenters. The number of benzene rings is 3. The van der Waals surface area contributed by atoms with E-state index in [-0.39, 0.29) is 5.91 Å². The van der Waals surface area contributed by atoms with Gasteiger partial charge in [0, 0.05) is 16.0 Å². The summed E-state index contributed by atoms with van der Waals surface area (Å²) < 4.78 is 5.49. The van der Waals surface area contributed by atoms with Gasteiger partial charge in [0.05, 0.1) is 12.3 Å². The Bertz CT molecular complexity index is 1130. The predicted molar refractivity (Wildman–Crippen MR) is 115 cm³/mol. The molecule has 5 heteroatoms. The van der Waals surface area contributed by atoms with E-state index < -0.39 is 0 Å². The maximum atomic E-state index is 12.8. The summed E-state index contributed by atoms with van der Waals surface area (Å²) in [5.41, 5.74) is 2.53. The van der Waals surface area contributed by atoms with Crippen molar-refractivity contribution in [2.45, 2.75) is 13.8 Å². The lowest BCUT2D eigenvalue weighted by molar-refractivity contribution is 0.102. The average Bonchev–Trinajstić information content (AvgIpc) is 3.08. The van der Waals surface area contributed by atoms with Crippen LogP contribution in [0.4, 0.5) is 5.13 Å². The Morgan fingerprint density at radius 3 is 2.57 bits per heavy atom. The maximum Gasteiger partial charge on any atom is 0.258 e. The standard InChI is InChI=1S/C23H20N2O2S/c1-3-27-18-13-11-17(12-14-18)21-15(2)28-23(24-21)25-22(26)20-10-6-8-16-7-4-5-9-19(16)20/h4-14H,3H2,1-2H3,(H,24,25,26). The number of hydrogen-bond acceptors (Lipinski definition) is 4. The van der Waals surface area contributed by atoms with E-state index in [9.17, 15) is 4.79 Å². The summed E-state index contributed by atoms with van der Waals surface area (Å²) in [7, 11) is 0. The average molecular weight is 388 g/mol. The van der Waals surface area contributed by atoms with Gasteiger partial charge in [-0.3, -0.25) is 10.1 Å². The number of amides is 1. The van der Waals surface area contributed by atoms with Gasteiger partial charge in [0.25, 0.3) is 5.91 Å². The summed E-state index contributed by atoms with van der Waals surface area (Å²) in [6, 6.07) is 21.5. The number of nitrogens with one attached hydrogen (secondary N) is 1. The summed E-state index contributed by atoms with van der Waals surface area (Å²) >= 11 is 1.48. The van der Waals surface area contributed by atoms with Crippen molar-refractivity contribution in [2.24, 2.45) is 0 Å². The second kappa shape index (κ2) is 7.82. The first-order valence-electron chi connectivity index (χ1n) is 9.15. The van der Waals surface area contributed by atoms with E-state index in [1.807, 2.05) is 80.6 Å². The monoisotopic (exact) mass is 388 g/mol. The third-order valence-corrected chi connectivity index (χ3v) is 5.38. The minimum atomic E-state index is -0.149. The number of ether oxygens (including phenoxy) is 1. The zero-order valence-corrected chi connectivity index (χ0v) is 16.5. The highest BCUT2D eigenvalue weighted by atomic mass is 32.1. The molecule has 0 fully saturated rings. The van der Waals surface area contributed by atoms with Crippen LogP contribution in [0.1, 0.15) is 22.2 Å². The Labute approximate surface area is 167 Å². The van der Waals surface area contributed by atoms with Crippen molar-refractivity contribution >= 4 is 33.1 Å². The molecule has 4 aromatic rings. The number of nitrogens with zero attached hydrogens (tertiary/aromatic N) is 1. The highest BCUT2D eigenvalue weighted by molar-refractivity contribution is 7.16. The van der Waals surface area contributed by atoms with Crippen LogP contribution in [0, 0.1) is 6.92 Å². The molecule has 0 aliphatic carbocycles. The Morgan fingerprint density at radius 1 is 1.04 bits per heavy atom. The minimum absolute atomic E-state index is 0.149. The number of carbonyl (C=O) groups is 1. The minimum Gasteiger partial charge on any atom is -0.494 e. The van der Waals surface area contributed by atoms with Gasteiger partial charge >= 0.3 is 0 Å². The van der Waals surface area contributed by atoms with Gasteiger partial charge in [0.15, 0.2) is 5.13 Å². The number of carbonyl (C=O) groups excluding carboxylic acids is 1. The first kappa shape index (κ1) is 18.2. The van der Waals surface area contributed by atoms with Crippen LogP contribution < -0.4 is 10.1 Å². The molecule has 1 aromatic heterocycles. The topological polar surface area (TPSA) is 51.2 Å². The van der Waals surface area contributed by atoms with E-state index in [0.29, 0.717) is 17.3 Å². The molecule has 28 heavy (non-hydrogen) atoms. The predicted octanol–water partition coefficient (Wildman–Crippen LogP) is 5.92. The number of rotatable bonds is 5. The van der Waals surface area contributed by atoms with Gasteiger partial charge in [-0.15, -0.1) is 11.3 Å². The van der Waals surface area contributed by atoms with Gasteiger partial charge in [0.2, 0.25) is 0 Å². The molecule has 140 valence electrons. The molecule has 1 amide bonds.